The van der Waals surface area contributed by atoms with Crippen molar-refractivity contribution in [3.05, 3.63) is 82.0 Å². The number of aromatic amines is 1. The van der Waals surface area contributed by atoms with Gasteiger partial charge in [-0.05, 0) is 29.7 Å². The third-order valence-corrected chi connectivity index (χ3v) is 5.10. The second-order valence-electron chi connectivity index (χ2n) is 6.90. The molecule has 1 aliphatic heterocycles. The number of aromatic nitrogens is 3. The van der Waals surface area contributed by atoms with Gasteiger partial charge in [-0.2, -0.15) is 5.10 Å². The van der Waals surface area contributed by atoms with Crippen LogP contribution in [0, 0.1) is 0 Å². The highest BCUT2D eigenvalue weighted by atomic mass is 16.2. The monoisotopic (exact) mass is 362 g/mol. The van der Waals surface area contributed by atoms with E-state index in [1.165, 1.54) is 5.56 Å². The summed E-state index contributed by atoms with van der Waals surface area (Å²) in [5.74, 6) is 0.603. The highest BCUT2D eigenvalue weighted by Gasteiger charge is 2.34. The molecule has 1 atom stereocenters. The van der Waals surface area contributed by atoms with Gasteiger partial charge in [0.25, 0.3) is 0 Å². The van der Waals surface area contributed by atoms with Crippen LogP contribution in [0.5, 0.6) is 0 Å². The highest BCUT2D eigenvalue weighted by molar-refractivity contribution is 5.79. The third kappa shape index (κ3) is 3.43. The van der Waals surface area contributed by atoms with Crippen LogP contribution in [-0.4, -0.2) is 32.1 Å². The van der Waals surface area contributed by atoms with E-state index in [-0.39, 0.29) is 17.5 Å². The molecule has 0 bridgehead atoms. The smallest absolute Gasteiger partial charge is 0.338 e. The normalized spacial score (nSPS) is 16.9. The summed E-state index contributed by atoms with van der Waals surface area (Å²) in [7, 11) is 0. The van der Waals surface area contributed by atoms with Crippen molar-refractivity contribution in [1.82, 2.24) is 19.7 Å². The van der Waals surface area contributed by atoms with E-state index in [0.29, 0.717) is 25.3 Å². The second kappa shape index (κ2) is 7.23. The number of nitrogens with one attached hydrogen (secondary N) is 1. The molecule has 6 heteroatoms. The molecule has 2 heterocycles. The van der Waals surface area contributed by atoms with Crippen LogP contribution in [0.2, 0.25) is 0 Å². The fourth-order valence-corrected chi connectivity index (χ4v) is 3.61. The van der Waals surface area contributed by atoms with E-state index in [4.69, 9.17) is 0 Å². The molecular weight excluding hydrogens is 340 g/mol. The number of benzene rings is 2. The number of carbonyl (C=O) groups excluding carboxylic acids is 1. The van der Waals surface area contributed by atoms with Crippen molar-refractivity contribution in [1.29, 1.82) is 0 Å². The van der Waals surface area contributed by atoms with Gasteiger partial charge in [-0.25, -0.2) is 14.5 Å². The maximum absolute atomic E-state index is 12.5. The molecule has 1 aromatic heterocycles. The number of aryl methyl sites for hydroxylation is 1. The van der Waals surface area contributed by atoms with Crippen molar-refractivity contribution >= 4 is 5.91 Å². The van der Waals surface area contributed by atoms with E-state index in [9.17, 15) is 9.59 Å². The second-order valence-corrected chi connectivity index (χ2v) is 6.90. The maximum Gasteiger partial charge on any atom is 0.347 e. The van der Waals surface area contributed by atoms with E-state index in [0.717, 1.165) is 17.7 Å². The Hall–Kier alpha value is -3.15. The average molecular weight is 362 g/mol. The van der Waals surface area contributed by atoms with Gasteiger partial charge in [0.1, 0.15) is 5.82 Å². The minimum absolute atomic E-state index is 0.0900. The van der Waals surface area contributed by atoms with Crippen LogP contribution in [0.25, 0.3) is 5.69 Å². The molecule has 0 aliphatic carbocycles. The quantitative estimate of drug-likeness (QED) is 0.758. The zero-order chi connectivity index (χ0) is 18.8. The number of rotatable bonds is 5. The molecule has 1 unspecified atom stereocenters. The van der Waals surface area contributed by atoms with E-state index in [2.05, 4.69) is 17.1 Å². The molecule has 1 aliphatic rings. The number of carbonyl (C=O) groups is 1. The lowest BCUT2D eigenvalue weighted by atomic mass is 10.1. The van der Waals surface area contributed by atoms with Gasteiger partial charge in [0.2, 0.25) is 5.91 Å². The summed E-state index contributed by atoms with van der Waals surface area (Å²) in [6, 6.07) is 17.8. The van der Waals surface area contributed by atoms with E-state index < -0.39 is 0 Å². The zero-order valence-corrected chi connectivity index (χ0v) is 15.3. The molecule has 0 spiro atoms. The Morgan fingerprint density at radius 2 is 1.78 bits per heavy atom. The van der Waals surface area contributed by atoms with Gasteiger partial charge >= 0.3 is 5.69 Å². The largest absolute Gasteiger partial charge is 0.347 e. The first-order chi connectivity index (χ1) is 13.2. The molecule has 2 aromatic carbocycles. The number of hydrogen-bond donors (Lipinski definition) is 1. The summed E-state index contributed by atoms with van der Waals surface area (Å²) in [6.07, 6.45) is 1.31. The number of likely N-dealkylation sites (tertiary alicyclic amines) is 1. The molecule has 1 fully saturated rings. The Labute approximate surface area is 157 Å². The van der Waals surface area contributed by atoms with Crippen LogP contribution in [0.4, 0.5) is 0 Å². The van der Waals surface area contributed by atoms with Gasteiger partial charge in [0.15, 0.2) is 0 Å². The van der Waals surface area contributed by atoms with Crippen molar-refractivity contribution in [3.8, 4) is 5.69 Å². The van der Waals surface area contributed by atoms with Gasteiger partial charge < -0.3 is 4.90 Å². The van der Waals surface area contributed by atoms with Crippen LogP contribution < -0.4 is 5.69 Å². The number of H-pyrrole nitrogens is 1. The van der Waals surface area contributed by atoms with Gasteiger partial charge in [0, 0.05) is 25.4 Å². The molecule has 1 N–H and O–H groups in total. The van der Waals surface area contributed by atoms with Crippen molar-refractivity contribution in [3.63, 3.8) is 0 Å². The average Bonchev–Trinajstić information content (AvgIpc) is 3.25. The van der Waals surface area contributed by atoms with Gasteiger partial charge in [-0.1, -0.05) is 49.4 Å². The zero-order valence-electron chi connectivity index (χ0n) is 15.3. The number of amides is 1. The Kier molecular flexibility index (Phi) is 4.62. The van der Waals surface area contributed by atoms with Gasteiger partial charge in [-0.3, -0.25) is 4.79 Å². The molecule has 0 saturated carbocycles. The summed E-state index contributed by atoms with van der Waals surface area (Å²) < 4.78 is 1.59. The molecule has 1 saturated heterocycles. The Balaban J connectivity index is 1.59. The standard InChI is InChI=1S/C21H22N4O2/c1-2-15-8-10-18(11-9-15)25-20(22-23-21(25)27)17-12-19(26)24(14-17)13-16-6-4-3-5-7-16/h3-11,17H,2,12-14H2,1H3,(H,23,27). The highest BCUT2D eigenvalue weighted by Crippen LogP contribution is 2.28. The molecule has 27 heavy (non-hydrogen) atoms. The first-order valence-corrected chi connectivity index (χ1v) is 9.24. The maximum atomic E-state index is 12.5. The molecule has 1 amide bonds. The SMILES string of the molecule is CCc1ccc(-n2c(C3CC(=O)N(Cc4ccccc4)C3)n[nH]c2=O)cc1. The molecule has 138 valence electrons. The first kappa shape index (κ1) is 17.3. The minimum Gasteiger partial charge on any atom is -0.338 e. The molecule has 6 nitrogen and oxygen atoms in total. The Morgan fingerprint density at radius 3 is 2.48 bits per heavy atom. The third-order valence-electron chi connectivity index (χ3n) is 5.10. The Morgan fingerprint density at radius 1 is 1.04 bits per heavy atom. The molecule has 0 radical (unpaired) electrons. The van der Waals surface area contributed by atoms with Crippen molar-refractivity contribution in [2.24, 2.45) is 0 Å². The van der Waals surface area contributed by atoms with Crippen LogP contribution in [-0.2, 0) is 17.8 Å². The fourth-order valence-electron chi connectivity index (χ4n) is 3.61. The molecule has 4 rings (SSSR count). The lowest BCUT2D eigenvalue weighted by Crippen LogP contribution is -2.25. The predicted octanol–water partition coefficient (Wildman–Crippen LogP) is 2.64. The molecular formula is C21H22N4O2. The number of hydrogen-bond acceptors (Lipinski definition) is 3. The van der Waals surface area contributed by atoms with Crippen LogP contribution in [0.1, 0.15) is 36.2 Å². The summed E-state index contributed by atoms with van der Waals surface area (Å²) >= 11 is 0. The van der Waals surface area contributed by atoms with Crippen LogP contribution in [0.15, 0.2) is 59.4 Å². The Bertz CT molecular complexity index is 989. The van der Waals surface area contributed by atoms with Crippen LogP contribution in [0.3, 0.4) is 0 Å². The van der Waals surface area contributed by atoms with Gasteiger partial charge in [0.05, 0.1) is 5.69 Å². The fraction of sp³-hybridized carbons (Fsp3) is 0.286. The number of nitrogens with zero attached hydrogens (tertiary/aromatic N) is 3. The van der Waals surface area contributed by atoms with Crippen molar-refractivity contribution in [2.45, 2.75) is 32.2 Å². The van der Waals surface area contributed by atoms with Crippen LogP contribution >= 0.6 is 0 Å². The van der Waals surface area contributed by atoms with E-state index in [1.807, 2.05) is 59.5 Å². The summed E-state index contributed by atoms with van der Waals surface area (Å²) in [4.78, 5) is 26.7. The van der Waals surface area contributed by atoms with E-state index >= 15 is 0 Å². The lowest BCUT2D eigenvalue weighted by molar-refractivity contribution is -0.128. The summed E-state index contributed by atoms with van der Waals surface area (Å²) in [5, 5.41) is 6.79. The molecule has 3 aromatic rings. The summed E-state index contributed by atoms with van der Waals surface area (Å²) in [5.41, 5.74) is 2.81. The predicted molar refractivity (Wildman–Crippen MR) is 103 cm³/mol. The first-order valence-electron chi connectivity index (χ1n) is 9.24. The van der Waals surface area contributed by atoms with Crippen molar-refractivity contribution < 1.29 is 4.79 Å². The topological polar surface area (TPSA) is 71.0 Å². The lowest BCUT2D eigenvalue weighted by Gasteiger charge is -2.17. The van der Waals surface area contributed by atoms with Crippen molar-refractivity contribution in [2.75, 3.05) is 6.54 Å². The van der Waals surface area contributed by atoms with Gasteiger partial charge in [-0.15, -0.1) is 0 Å². The minimum atomic E-state index is -0.275. The summed E-state index contributed by atoms with van der Waals surface area (Å²) in [6.45, 7) is 3.23. The van der Waals surface area contributed by atoms with E-state index in [1.54, 1.807) is 4.57 Å².